The third-order valence-electron chi connectivity index (χ3n) is 1.66. The van der Waals surface area contributed by atoms with E-state index in [1.807, 2.05) is 30.3 Å². The first-order valence-corrected chi connectivity index (χ1v) is 4.29. The predicted molar refractivity (Wildman–Crippen MR) is 52.5 cm³/mol. The van der Waals surface area contributed by atoms with Crippen LogP contribution in [-0.2, 0) is 16.1 Å². The van der Waals surface area contributed by atoms with Crippen molar-refractivity contribution in [3.8, 4) is 0 Å². The van der Waals surface area contributed by atoms with E-state index in [2.05, 4.69) is 0 Å². The number of aliphatic hydroxyl groups is 1. The molecule has 0 aliphatic rings. The maximum absolute atomic E-state index is 10.4. The van der Waals surface area contributed by atoms with Crippen LogP contribution in [0.4, 0.5) is 0 Å². The fourth-order valence-corrected chi connectivity index (χ4v) is 0.972. The molecule has 3 nitrogen and oxygen atoms in total. The third kappa shape index (κ3) is 3.41. The van der Waals surface area contributed by atoms with Gasteiger partial charge in [-0.3, -0.25) is 4.79 Å². The highest BCUT2D eigenvalue weighted by Gasteiger charge is 1.96. The first-order valence-electron chi connectivity index (χ1n) is 4.29. The van der Waals surface area contributed by atoms with Gasteiger partial charge in [0, 0.05) is 0 Å². The van der Waals surface area contributed by atoms with Crippen molar-refractivity contribution in [1.29, 1.82) is 0 Å². The predicted octanol–water partition coefficient (Wildman–Crippen LogP) is 1.28. The molecule has 1 N–H and O–H groups in total. The fraction of sp³-hybridized carbons (Fsp3) is 0.182. The molecule has 3 heteroatoms. The Bertz CT molecular complexity index is 304. The Kier molecular flexibility index (Phi) is 4.44. The maximum atomic E-state index is 10.4. The summed E-state index contributed by atoms with van der Waals surface area (Å²) in [6.45, 7) is 0.147. The average Bonchev–Trinajstić information content (AvgIpc) is 2.25. The topological polar surface area (TPSA) is 46.5 Å². The smallest absolute Gasteiger partial charge is 0.184 e. The third-order valence-corrected chi connectivity index (χ3v) is 1.66. The SMILES string of the molecule is O=C/C(=C/CO)OCc1ccccc1. The average molecular weight is 192 g/mol. The Hall–Kier alpha value is -1.61. The van der Waals surface area contributed by atoms with Crippen LogP contribution in [0, 0.1) is 0 Å². The van der Waals surface area contributed by atoms with Crippen molar-refractivity contribution >= 4 is 6.29 Å². The molecule has 1 aromatic carbocycles. The minimum atomic E-state index is -0.192. The number of carbonyl (C=O) groups is 1. The van der Waals surface area contributed by atoms with Gasteiger partial charge in [-0.2, -0.15) is 0 Å². The number of benzene rings is 1. The van der Waals surface area contributed by atoms with Crippen LogP contribution < -0.4 is 0 Å². The van der Waals surface area contributed by atoms with Gasteiger partial charge in [-0.1, -0.05) is 30.3 Å². The highest BCUT2D eigenvalue weighted by molar-refractivity contribution is 5.70. The Morgan fingerprint density at radius 3 is 2.64 bits per heavy atom. The Labute approximate surface area is 82.6 Å². The molecule has 0 aromatic heterocycles. The molecule has 0 amide bonds. The van der Waals surface area contributed by atoms with Crippen LogP contribution in [0.3, 0.4) is 0 Å². The van der Waals surface area contributed by atoms with E-state index in [4.69, 9.17) is 9.84 Å². The monoisotopic (exact) mass is 192 g/mol. The van der Waals surface area contributed by atoms with Gasteiger partial charge in [0.15, 0.2) is 12.0 Å². The summed E-state index contributed by atoms with van der Waals surface area (Å²) in [6.07, 6.45) is 1.91. The Balaban J connectivity index is 2.48. The molecule has 0 radical (unpaired) electrons. The van der Waals surface area contributed by atoms with Crippen molar-refractivity contribution in [2.24, 2.45) is 0 Å². The Morgan fingerprint density at radius 2 is 2.07 bits per heavy atom. The molecule has 0 aliphatic carbocycles. The van der Waals surface area contributed by atoms with Crippen LogP contribution in [0.25, 0.3) is 0 Å². The standard InChI is InChI=1S/C11H12O3/c12-7-6-11(8-13)14-9-10-4-2-1-3-5-10/h1-6,8,12H,7,9H2/b11-6-. The molecule has 0 fully saturated rings. The van der Waals surface area contributed by atoms with Crippen molar-refractivity contribution in [3.63, 3.8) is 0 Å². The van der Waals surface area contributed by atoms with Crippen LogP contribution >= 0.6 is 0 Å². The minimum Gasteiger partial charge on any atom is -0.486 e. The van der Waals surface area contributed by atoms with E-state index in [0.717, 1.165) is 5.56 Å². The van der Waals surface area contributed by atoms with Gasteiger partial charge in [0.05, 0.1) is 6.61 Å². The maximum Gasteiger partial charge on any atom is 0.184 e. The summed E-state index contributed by atoms with van der Waals surface area (Å²) in [6, 6.07) is 9.51. The molecule has 0 saturated heterocycles. The van der Waals surface area contributed by atoms with Crippen LogP contribution in [0.2, 0.25) is 0 Å². The number of hydrogen-bond donors (Lipinski definition) is 1. The quantitative estimate of drug-likeness (QED) is 0.434. The summed E-state index contributed by atoms with van der Waals surface area (Å²) >= 11 is 0. The molecule has 0 heterocycles. The van der Waals surface area contributed by atoms with E-state index in [9.17, 15) is 4.79 Å². The van der Waals surface area contributed by atoms with E-state index in [1.165, 1.54) is 6.08 Å². The van der Waals surface area contributed by atoms with Gasteiger partial charge in [0.1, 0.15) is 6.61 Å². The lowest BCUT2D eigenvalue weighted by Gasteiger charge is -2.04. The zero-order chi connectivity index (χ0) is 10.2. The molecular formula is C11H12O3. The first kappa shape index (κ1) is 10.5. The van der Waals surface area contributed by atoms with Crippen LogP contribution in [0.5, 0.6) is 0 Å². The molecule has 1 aromatic rings. The molecule has 14 heavy (non-hydrogen) atoms. The normalized spacial score (nSPS) is 11.1. The van der Waals surface area contributed by atoms with Crippen molar-refractivity contribution in [2.45, 2.75) is 6.61 Å². The van der Waals surface area contributed by atoms with Gasteiger partial charge in [0.2, 0.25) is 0 Å². The number of allylic oxidation sites excluding steroid dienone is 1. The molecule has 0 bridgehead atoms. The fourth-order valence-electron chi connectivity index (χ4n) is 0.972. The second-order valence-electron chi connectivity index (χ2n) is 2.68. The lowest BCUT2D eigenvalue weighted by Crippen LogP contribution is -1.96. The summed E-state index contributed by atoms with van der Waals surface area (Å²) in [5.74, 6) is 0.163. The van der Waals surface area contributed by atoms with E-state index < -0.39 is 0 Å². The van der Waals surface area contributed by atoms with E-state index >= 15 is 0 Å². The zero-order valence-corrected chi connectivity index (χ0v) is 7.72. The van der Waals surface area contributed by atoms with E-state index in [1.54, 1.807) is 0 Å². The molecule has 1 rings (SSSR count). The number of aliphatic hydroxyl groups excluding tert-OH is 1. The summed E-state index contributed by atoms with van der Waals surface area (Å²) in [5, 5.41) is 8.55. The van der Waals surface area contributed by atoms with Gasteiger partial charge in [-0.25, -0.2) is 0 Å². The highest BCUT2D eigenvalue weighted by atomic mass is 16.5. The van der Waals surface area contributed by atoms with Gasteiger partial charge >= 0.3 is 0 Å². The summed E-state index contributed by atoms with van der Waals surface area (Å²) in [7, 11) is 0. The molecule has 0 aliphatic heterocycles. The minimum absolute atomic E-state index is 0.163. The summed E-state index contributed by atoms with van der Waals surface area (Å²) < 4.78 is 5.15. The van der Waals surface area contributed by atoms with Crippen molar-refractivity contribution in [3.05, 3.63) is 47.7 Å². The van der Waals surface area contributed by atoms with Crippen LogP contribution in [-0.4, -0.2) is 18.0 Å². The summed E-state index contributed by atoms with van der Waals surface area (Å²) in [4.78, 5) is 10.4. The van der Waals surface area contributed by atoms with Gasteiger partial charge < -0.3 is 9.84 Å². The van der Waals surface area contributed by atoms with E-state index in [-0.39, 0.29) is 12.4 Å². The van der Waals surface area contributed by atoms with Crippen molar-refractivity contribution < 1.29 is 14.6 Å². The molecule has 0 atom stereocenters. The van der Waals surface area contributed by atoms with E-state index in [0.29, 0.717) is 12.9 Å². The van der Waals surface area contributed by atoms with Gasteiger partial charge in [0.25, 0.3) is 0 Å². The Morgan fingerprint density at radius 1 is 1.36 bits per heavy atom. The molecule has 74 valence electrons. The molecular weight excluding hydrogens is 180 g/mol. The number of aldehydes is 1. The molecule has 0 saturated carbocycles. The number of carbonyl (C=O) groups excluding carboxylic acids is 1. The number of hydrogen-bond acceptors (Lipinski definition) is 3. The lowest BCUT2D eigenvalue weighted by molar-refractivity contribution is -0.108. The second kappa shape index (κ2) is 5.94. The molecule has 0 unspecified atom stereocenters. The lowest BCUT2D eigenvalue weighted by atomic mass is 10.2. The largest absolute Gasteiger partial charge is 0.486 e. The first-order chi connectivity index (χ1) is 6.86. The van der Waals surface area contributed by atoms with Crippen LogP contribution in [0.15, 0.2) is 42.2 Å². The summed E-state index contributed by atoms with van der Waals surface area (Å²) in [5.41, 5.74) is 0.984. The highest BCUT2D eigenvalue weighted by Crippen LogP contribution is 2.03. The molecule has 0 spiro atoms. The second-order valence-corrected chi connectivity index (χ2v) is 2.68. The number of rotatable bonds is 5. The van der Waals surface area contributed by atoms with Crippen LogP contribution in [0.1, 0.15) is 5.56 Å². The van der Waals surface area contributed by atoms with Gasteiger partial charge in [-0.05, 0) is 11.6 Å². The van der Waals surface area contributed by atoms with Crippen molar-refractivity contribution in [2.75, 3.05) is 6.61 Å². The number of ether oxygens (including phenoxy) is 1. The zero-order valence-electron chi connectivity index (χ0n) is 7.72. The van der Waals surface area contributed by atoms with Gasteiger partial charge in [-0.15, -0.1) is 0 Å². The van der Waals surface area contributed by atoms with Crippen molar-refractivity contribution in [1.82, 2.24) is 0 Å².